The minimum Gasteiger partial charge on any atom is -0.493 e. The standard InChI is InChI=1S/C25H38N2O5S/c1-6-11-12-21-26-24(29)23(33(31,32)20-15-13-19(28)14-16-20)25(30)27(21)22(17(7-2)8-3)18(9-4)10-5/h7,9,19-20,28,30H,2,6,8,10-16H2,1,3-5H3/b18-9-,22-17-/t19-,20+. The Morgan fingerprint density at radius 2 is 1.82 bits per heavy atom. The fourth-order valence-corrected chi connectivity index (χ4v) is 6.32. The van der Waals surface area contributed by atoms with E-state index in [9.17, 15) is 23.4 Å². The van der Waals surface area contributed by atoms with Crippen molar-refractivity contribution in [3.8, 4) is 5.88 Å². The Morgan fingerprint density at radius 3 is 2.30 bits per heavy atom. The number of aliphatic hydroxyl groups is 1. The monoisotopic (exact) mass is 478 g/mol. The summed E-state index contributed by atoms with van der Waals surface area (Å²) in [6, 6.07) is 0. The van der Waals surface area contributed by atoms with Gasteiger partial charge in [0.1, 0.15) is 5.82 Å². The molecule has 0 spiro atoms. The maximum Gasteiger partial charge on any atom is 0.295 e. The highest BCUT2D eigenvalue weighted by Gasteiger charge is 2.37. The molecule has 0 bridgehead atoms. The molecule has 1 aromatic heterocycles. The van der Waals surface area contributed by atoms with Crippen molar-refractivity contribution in [1.82, 2.24) is 9.55 Å². The number of rotatable bonds is 10. The van der Waals surface area contributed by atoms with Crippen LogP contribution in [0.15, 0.2) is 39.6 Å². The summed E-state index contributed by atoms with van der Waals surface area (Å²) in [5.41, 5.74) is 1.43. The summed E-state index contributed by atoms with van der Waals surface area (Å²) in [6.07, 6.45) is 7.53. The van der Waals surface area contributed by atoms with E-state index in [1.54, 1.807) is 6.08 Å². The Morgan fingerprint density at radius 1 is 1.18 bits per heavy atom. The highest BCUT2D eigenvalue weighted by molar-refractivity contribution is 7.92. The minimum absolute atomic E-state index is 0.241. The molecule has 1 aliphatic carbocycles. The second-order valence-electron chi connectivity index (χ2n) is 8.50. The van der Waals surface area contributed by atoms with Crippen LogP contribution >= 0.6 is 0 Å². The largest absolute Gasteiger partial charge is 0.493 e. The Bertz CT molecular complexity index is 1070. The minimum atomic E-state index is -4.14. The van der Waals surface area contributed by atoms with Gasteiger partial charge in [0, 0.05) is 6.42 Å². The van der Waals surface area contributed by atoms with E-state index in [0.29, 0.717) is 43.6 Å². The van der Waals surface area contributed by atoms with Gasteiger partial charge in [-0.05, 0) is 63.0 Å². The van der Waals surface area contributed by atoms with Crippen LogP contribution < -0.4 is 5.56 Å². The number of aryl methyl sites for hydroxylation is 1. The van der Waals surface area contributed by atoms with Crippen LogP contribution in [0.5, 0.6) is 5.88 Å². The Balaban J connectivity index is 2.90. The number of allylic oxidation sites excluding steroid dienone is 5. The Labute approximate surface area is 197 Å². The zero-order valence-electron chi connectivity index (χ0n) is 20.3. The molecule has 2 rings (SSSR count). The smallest absolute Gasteiger partial charge is 0.295 e. The van der Waals surface area contributed by atoms with Crippen molar-refractivity contribution in [2.45, 2.75) is 102 Å². The zero-order valence-corrected chi connectivity index (χ0v) is 21.1. The van der Waals surface area contributed by atoms with Gasteiger partial charge < -0.3 is 10.2 Å². The number of aromatic nitrogens is 2. The van der Waals surface area contributed by atoms with Crippen molar-refractivity contribution in [2.24, 2.45) is 0 Å². The summed E-state index contributed by atoms with van der Waals surface area (Å²) in [5.74, 6) is -0.240. The first-order valence-electron chi connectivity index (χ1n) is 12.0. The average molecular weight is 479 g/mol. The highest BCUT2D eigenvalue weighted by Crippen LogP contribution is 2.36. The van der Waals surface area contributed by atoms with Gasteiger partial charge in [-0.3, -0.25) is 9.36 Å². The first-order chi connectivity index (χ1) is 15.7. The van der Waals surface area contributed by atoms with Crippen molar-refractivity contribution in [3.63, 3.8) is 0 Å². The van der Waals surface area contributed by atoms with E-state index < -0.39 is 37.5 Å². The fourth-order valence-electron chi connectivity index (χ4n) is 4.46. The van der Waals surface area contributed by atoms with Crippen molar-refractivity contribution < 1.29 is 18.6 Å². The van der Waals surface area contributed by atoms with E-state index in [4.69, 9.17) is 0 Å². The lowest BCUT2D eigenvalue weighted by molar-refractivity contribution is 0.131. The van der Waals surface area contributed by atoms with Crippen molar-refractivity contribution in [2.75, 3.05) is 0 Å². The third kappa shape index (κ3) is 5.66. The molecular weight excluding hydrogens is 440 g/mol. The number of hydrogen-bond acceptors (Lipinski definition) is 6. The van der Waals surface area contributed by atoms with Crippen LogP contribution in [0.4, 0.5) is 0 Å². The molecule has 0 aromatic carbocycles. The number of aliphatic hydroxyl groups excluding tert-OH is 1. The van der Waals surface area contributed by atoms with Crippen molar-refractivity contribution in [3.05, 3.63) is 46.1 Å². The molecule has 8 heteroatoms. The van der Waals surface area contributed by atoms with Crippen LogP contribution in [0.3, 0.4) is 0 Å². The molecule has 33 heavy (non-hydrogen) atoms. The molecule has 1 aromatic rings. The molecule has 0 unspecified atom stereocenters. The predicted octanol–water partition coefficient (Wildman–Crippen LogP) is 4.53. The predicted molar refractivity (Wildman–Crippen MR) is 132 cm³/mol. The van der Waals surface area contributed by atoms with E-state index in [2.05, 4.69) is 11.6 Å². The number of hydrogen-bond donors (Lipinski definition) is 2. The molecule has 0 saturated heterocycles. The third-order valence-corrected chi connectivity index (χ3v) is 8.68. The molecule has 2 N–H and O–H groups in total. The first-order valence-corrected chi connectivity index (χ1v) is 13.5. The number of unbranched alkanes of at least 4 members (excludes halogenated alkanes) is 1. The van der Waals surface area contributed by atoms with Crippen molar-refractivity contribution in [1.29, 1.82) is 0 Å². The van der Waals surface area contributed by atoms with Gasteiger partial charge in [-0.1, -0.05) is 45.9 Å². The summed E-state index contributed by atoms with van der Waals surface area (Å²) in [4.78, 5) is 16.6. The first kappa shape index (κ1) is 27.1. The second kappa shape index (κ2) is 11.8. The summed E-state index contributed by atoms with van der Waals surface area (Å²) in [5, 5.41) is 20.4. The number of sulfone groups is 1. The zero-order chi connectivity index (χ0) is 24.8. The van der Waals surface area contributed by atoms with Gasteiger partial charge in [-0.2, -0.15) is 4.98 Å². The van der Waals surface area contributed by atoms with E-state index in [-0.39, 0.29) is 12.8 Å². The molecule has 184 valence electrons. The van der Waals surface area contributed by atoms with E-state index >= 15 is 0 Å². The lowest BCUT2D eigenvalue weighted by atomic mass is 9.97. The molecule has 7 nitrogen and oxygen atoms in total. The fraction of sp³-hybridized carbons (Fsp3) is 0.600. The molecule has 1 heterocycles. The summed E-state index contributed by atoms with van der Waals surface area (Å²) >= 11 is 0. The molecule has 0 atom stereocenters. The van der Waals surface area contributed by atoms with Crippen LogP contribution in [0.1, 0.15) is 84.9 Å². The Hall–Kier alpha value is -2.19. The molecular formula is C25H38N2O5S. The van der Waals surface area contributed by atoms with Gasteiger partial charge in [-0.25, -0.2) is 8.42 Å². The van der Waals surface area contributed by atoms with Gasteiger partial charge >= 0.3 is 0 Å². The lowest BCUT2D eigenvalue weighted by Gasteiger charge is -2.27. The molecule has 1 fully saturated rings. The number of aromatic hydroxyl groups is 1. The molecule has 0 radical (unpaired) electrons. The van der Waals surface area contributed by atoms with Crippen LogP contribution in [-0.2, 0) is 16.3 Å². The maximum absolute atomic E-state index is 13.5. The second-order valence-corrected chi connectivity index (χ2v) is 10.7. The molecule has 1 aliphatic rings. The van der Waals surface area contributed by atoms with Gasteiger partial charge in [0.05, 0.1) is 17.1 Å². The van der Waals surface area contributed by atoms with Crippen molar-refractivity contribution >= 4 is 15.5 Å². The quantitative estimate of drug-likeness (QED) is 0.478. The third-order valence-electron chi connectivity index (χ3n) is 6.41. The maximum atomic E-state index is 13.5. The topological polar surface area (TPSA) is 109 Å². The van der Waals surface area contributed by atoms with Crippen LogP contribution in [-0.4, -0.2) is 39.5 Å². The molecule has 1 saturated carbocycles. The summed E-state index contributed by atoms with van der Waals surface area (Å²) < 4.78 is 28.5. The highest BCUT2D eigenvalue weighted by atomic mass is 32.2. The SMILES string of the molecule is C=C/C(CC)=C(\C(=C/C)CC)n1c(CCCC)nc(=O)c(S(=O)(=O)[C@H]2CC[C@@H](O)CC2)c1O. The molecule has 0 aliphatic heterocycles. The molecule has 0 amide bonds. The van der Waals surface area contributed by atoms with Gasteiger partial charge in [0.25, 0.3) is 5.56 Å². The lowest BCUT2D eigenvalue weighted by Crippen LogP contribution is -2.34. The average Bonchev–Trinajstić information content (AvgIpc) is 2.78. The Kier molecular flexibility index (Phi) is 9.67. The van der Waals surface area contributed by atoms with E-state index in [1.807, 2.05) is 33.8 Å². The van der Waals surface area contributed by atoms with Gasteiger partial charge in [0.15, 0.2) is 14.7 Å². The normalized spacial score (nSPS) is 20.5. The van der Waals surface area contributed by atoms with E-state index in [1.165, 1.54) is 4.57 Å². The van der Waals surface area contributed by atoms with Gasteiger partial charge in [0.2, 0.25) is 5.88 Å². The van der Waals surface area contributed by atoms with Gasteiger partial charge in [-0.15, -0.1) is 0 Å². The number of nitrogens with zero attached hydrogens (tertiary/aromatic N) is 2. The summed E-state index contributed by atoms with van der Waals surface area (Å²) in [7, 11) is -4.14. The van der Waals surface area contributed by atoms with Crippen LogP contribution in [0.25, 0.3) is 5.70 Å². The van der Waals surface area contributed by atoms with Crippen LogP contribution in [0, 0.1) is 0 Å². The van der Waals surface area contributed by atoms with Crippen LogP contribution in [0.2, 0.25) is 0 Å². The van der Waals surface area contributed by atoms with E-state index in [0.717, 1.165) is 24.0 Å². The summed E-state index contributed by atoms with van der Waals surface area (Å²) in [6.45, 7) is 11.8.